The molecule has 0 spiro atoms. The van der Waals surface area contributed by atoms with Crippen LogP contribution >= 0.6 is 0 Å². The Morgan fingerprint density at radius 1 is 1.28 bits per heavy atom. The van der Waals surface area contributed by atoms with Gasteiger partial charge in [-0.15, -0.1) is 0 Å². The van der Waals surface area contributed by atoms with Gasteiger partial charge < -0.3 is 20.7 Å². The lowest BCUT2D eigenvalue weighted by Crippen LogP contribution is -2.38. The average Bonchev–Trinajstić information content (AvgIpc) is 3.43. The molecule has 4 heterocycles. The highest BCUT2D eigenvalue weighted by molar-refractivity contribution is 6.15. The van der Waals surface area contributed by atoms with E-state index >= 15 is 0 Å². The van der Waals surface area contributed by atoms with E-state index in [1.54, 1.807) is 12.4 Å². The van der Waals surface area contributed by atoms with Crippen molar-refractivity contribution in [1.82, 2.24) is 30.0 Å². The number of aromatic nitrogens is 5. The lowest BCUT2D eigenvalue weighted by atomic mass is 10.0. The molecule has 36 heavy (non-hydrogen) atoms. The van der Waals surface area contributed by atoms with E-state index in [0.717, 1.165) is 54.5 Å². The van der Waals surface area contributed by atoms with Crippen molar-refractivity contribution in [3.8, 4) is 5.88 Å². The van der Waals surface area contributed by atoms with Crippen molar-refractivity contribution in [1.29, 1.82) is 5.41 Å². The standard InChI is InChI=1S/C26H31N9O/c1-3-35-9-7-20(8-10-35)36-26-21-16(2)5-4-6-17(21)11-19(34-26)14-29-25-22(24(28)30-15-31-25)23(27)18-12-32-33-13-18/h4-6,11-13,15,20,27H,3,7-10,14H2,1-2H3,(H,32,33)(H3,28,29,30,31). The maximum absolute atomic E-state index is 8.59. The zero-order valence-corrected chi connectivity index (χ0v) is 20.6. The van der Waals surface area contributed by atoms with Crippen LogP contribution in [0.2, 0.25) is 0 Å². The molecule has 1 aromatic carbocycles. The van der Waals surface area contributed by atoms with Gasteiger partial charge in [0.25, 0.3) is 0 Å². The second-order valence-corrected chi connectivity index (χ2v) is 9.04. The largest absolute Gasteiger partial charge is 0.474 e. The van der Waals surface area contributed by atoms with Crippen molar-refractivity contribution >= 4 is 28.1 Å². The van der Waals surface area contributed by atoms with Crippen LogP contribution in [-0.2, 0) is 6.54 Å². The molecule has 0 atom stereocenters. The van der Waals surface area contributed by atoms with Crippen LogP contribution in [-0.4, -0.2) is 61.5 Å². The summed E-state index contributed by atoms with van der Waals surface area (Å²) in [6.45, 7) is 7.83. The summed E-state index contributed by atoms with van der Waals surface area (Å²) >= 11 is 0. The Hall–Kier alpha value is -4.05. The topological polar surface area (TPSA) is 142 Å². The average molecular weight is 486 g/mol. The summed E-state index contributed by atoms with van der Waals surface area (Å²) in [4.78, 5) is 15.8. The number of fused-ring (bicyclic) bond motifs is 1. The number of nitrogen functional groups attached to an aromatic ring is 1. The van der Waals surface area contributed by atoms with Crippen LogP contribution in [0.3, 0.4) is 0 Å². The highest BCUT2D eigenvalue weighted by atomic mass is 16.5. The molecular weight excluding hydrogens is 454 g/mol. The molecule has 10 nitrogen and oxygen atoms in total. The first-order chi connectivity index (χ1) is 17.5. The smallest absolute Gasteiger partial charge is 0.222 e. The van der Waals surface area contributed by atoms with Gasteiger partial charge in [0.1, 0.15) is 24.1 Å². The SMILES string of the molecule is CCN1CCC(Oc2nc(CNc3ncnc(N)c3C(=N)c3cn[nH]c3)cc3cccc(C)c23)CC1. The zero-order valence-electron chi connectivity index (χ0n) is 20.6. The van der Waals surface area contributed by atoms with Crippen LogP contribution in [0.1, 0.15) is 42.1 Å². The van der Waals surface area contributed by atoms with Gasteiger partial charge in [-0.2, -0.15) is 5.10 Å². The van der Waals surface area contributed by atoms with Crippen LogP contribution in [0.25, 0.3) is 10.8 Å². The Balaban J connectivity index is 1.42. The Morgan fingerprint density at radius 2 is 2.11 bits per heavy atom. The third-order valence-corrected chi connectivity index (χ3v) is 6.70. The number of rotatable bonds is 8. The number of aromatic amines is 1. The second kappa shape index (κ2) is 10.3. The molecule has 1 fully saturated rings. The molecule has 0 aliphatic carbocycles. The Kier molecular flexibility index (Phi) is 6.77. The number of hydrogen-bond acceptors (Lipinski definition) is 9. The molecule has 5 N–H and O–H groups in total. The number of nitrogens with one attached hydrogen (secondary N) is 3. The lowest BCUT2D eigenvalue weighted by molar-refractivity contribution is 0.101. The predicted octanol–water partition coefficient (Wildman–Crippen LogP) is 3.53. The van der Waals surface area contributed by atoms with Crippen molar-refractivity contribution < 1.29 is 4.74 Å². The fourth-order valence-electron chi connectivity index (χ4n) is 4.66. The van der Waals surface area contributed by atoms with Crippen molar-refractivity contribution in [3.05, 3.63) is 65.4 Å². The number of anilines is 2. The number of H-pyrrole nitrogens is 1. The van der Waals surface area contributed by atoms with E-state index in [-0.39, 0.29) is 17.6 Å². The van der Waals surface area contributed by atoms with E-state index in [1.807, 2.05) is 6.07 Å². The number of likely N-dealkylation sites (tertiary alicyclic amines) is 1. The summed E-state index contributed by atoms with van der Waals surface area (Å²) in [6.07, 6.45) is 6.73. The van der Waals surface area contributed by atoms with Gasteiger partial charge in [-0.05, 0) is 43.3 Å². The molecule has 0 unspecified atom stereocenters. The minimum Gasteiger partial charge on any atom is -0.474 e. The lowest BCUT2D eigenvalue weighted by Gasteiger charge is -2.31. The molecule has 0 bridgehead atoms. The van der Waals surface area contributed by atoms with Gasteiger partial charge >= 0.3 is 0 Å². The monoisotopic (exact) mass is 485 g/mol. The molecule has 4 aromatic rings. The fraction of sp³-hybridized carbons (Fsp3) is 0.346. The van der Waals surface area contributed by atoms with Crippen molar-refractivity contribution in [2.75, 3.05) is 30.7 Å². The van der Waals surface area contributed by atoms with Gasteiger partial charge in [0, 0.05) is 30.2 Å². The fourth-order valence-corrected chi connectivity index (χ4v) is 4.66. The van der Waals surface area contributed by atoms with Crippen molar-refractivity contribution in [2.24, 2.45) is 0 Å². The van der Waals surface area contributed by atoms with Crippen LogP contribution in [0.15, 0.2) is 43.0 Å². The number of pyridine rings is 1. The number of aryl methyl sites for hydroxylation is 1. The molecule has 0 saturated carbocycles. The zero-order chi connectivity index (χ0) is 25.1. The van der Waals surface area contributed by atoms with Crippen molar-refractivity contribution in [2.45, 2.75) is 39.3 Å². The summed E-state index contributed by atoms with van der Waals surface area (Å²) in [5, 5.41) is 20.7. The van der Waals surface area contributed by atoms with E-state index in [2.05, 4.69) is 62.4 Å². The molecule has 3 aromatic heterocycles. The first kappa shape index (κ1) is 23.7. The van der Waals surface area contributed by atoms with E-state index < -0.39 is 0 Å². The maximum atomic E-state index is 8.59. The number of benzene rings is 1. The number of piperidine rings is 1. The van der Waals surface area contributed by atoms with Crippen LogP contribution in [0.4, 0.5) is 11.6 Å². The first-order valence-corrected chi connectivity index (χ1v) is 12.2. The molecule has 186 valence electrons. The van der Waals surface area contributed by atoms with E-state index in [1.165, 1.54) is 6.33 Å². The molecule has 1 aliphatic heterocycles. The van der Waals surface area contributed by atoms with Crippen molar-refractivity contribution in [3.63, 3.8) is 0 Å². The second-order valence-electron chi connectivity index (χ2n) is 9.04. The van der Waals surface area contributed by atoms with Gasteiger partial charge in [-0.1, -0.05) is 25.1 Å². The van der Waals surface area contributed by atoms with Crippen LogP contribution < -0.4 is 15.8 Å². The van der Waals surface area contributed by atoms with E-state index in [4.69, 9.17) is 20.9 Å². The van der Waals surface area contributed by atoms with Crippen LogP contribution in [0.5, 0.6) is 5.88 Å². The van der Waals surface area contributed by atoms with E-state index in [0.29, 0.717) is 29.4 Å². The van der Waals surface area contributed by atoms with Gasteiger partial charge in [-0.25, -0.2) is 15.0 Å². The Labute approximate surface area is 209 Å². The minimum atomic E-state index is 0.148. The molecule has 0 amide bonds. The quantitative estimate of drug-likeness (QED) is 0.278. The maximum Gasteiger partial charge on any atom is 0.222 e. The van der Waals surface area contributed by atoms with Gasteiger partial charge in [0.15, 0.2) is 0 Å². The molecule has 1 saturated heterocycles. The molecule has 5 rings (SSSR count). The third kappa shape index (κ3) is 4.85. The highest BCUT2D eigenvalue weighted by Gasteiger charge is 2.22. The Morgan fingerprint density at radius 3 is 2.86 bits per heavy atom. The normalized spacial score (nSPS) is 14.7. The molecule has 10 heteroatoms. The molecular formula is C26H31N9O. The Bertz CT molecular complexity index is 1360. The number of nitrogens with zero attached hydrogens (tertiary/aromatic N) is 5. The van der Waals surface area contributed by atoms with Gasteiger partial charge in [0.05, 0.1) is 29.7 Å². The number of hydrogen-bond donors (Lipinski definition) is 4. The highest BCUT2D eigenvalue weighted by Crippen LogP contribution is 2.31. The van der Waals surface area contributed by atoms with Gasteiger partial charge in [0.2, 0.25) is 5.88 Å². The summed E-state index contributed by atoms with van der Waals surface area (Å²) in [5.74, 6) is 1.36. The first-order valence-electron chi connectivity index (χ1n) is 12.2. The summed E-state index contributed by atoms with van der Waals surface area (Å²) in [5.41, 5.74) is 9.30. The van der Waals surface area contributed by atoms with Gasteiger partial charge in [-0.3, -0.25) is 10.5 Å². The minimum absolute atomic E-state index is 0.148. The van der Waals surface area contributed by atoms with Crippen LogP contribution in [0, 0.1) is 12.3 Å². The summed E-state index contributed by atoms with van der Waals surface area (Å²) in [6, 6.07) is 8.29. The summed E-state index contributed by atoms with van der Waals surface area (Å²) in [7, 11) is 0. The number of ether oxygens (including phenoxy) is 1. The van der Waals surface area contributed by atoms with E-state index in [9.17, 15) is 0 Å². The molecule has 0 radical (unpaired) electrons. The number of nitrogens with two attached hydrogens (primary N) is 1. The summed E-state index contributed by atoms with van der Waals surface area (Å²) < 4.78 is 6.51. The predicted molar refractivity (Wildman–Crippen MR) is 141 cm³/mol. The third-order valence-electron chi connectivity index (χ3n) is 6.70. The molecule has 1 aliphatic rings.